The van der Waals surface area contributed by atoms with Crippen molar-refractivity contribution >= 4 is 17.6 Å². The molecule has 8 heteroatoms. The Kier molecular flexibility index (Phi) is 8.56. The molecule has 1 aliphatic rings. The van der Waals surface area contributed by atoms with Crippen molar-refractivity contribution < 1.29 is 19.4 Å². The average Bonchev–Trinajstić information content (AvgIpc) is 2.74. The van der Waals surface area contributed by atoms with Gasteiger partial charge in [-0.05, 0) is 39.0 Å². The maximum Gasteiger partial charge on any atom is 0.317 e. The summed E-state index contributed by atoms with van der Waals surface area (Å²) in [6.07, 6.45) is -0.115. The Hall–Kier alpha value is -2.48. The van der Waals surface area contributed by atoms with Crippen molar-refractivity contribution in [1.82, 2.24) is 15.1 Å². The Labute approximate surface area is 186 Å². The molecule has 1 aromatic carbocycles. The second-order valence-electron chi connectivity index (χ2n) is 9.06. The number of benzene rings is 1. The summed E-state index contributed by atoms with van der Waals surface area (Å²) >= 11 is 0. The third-order valence-corrected chi connectivity index (χ3v) is 5.63. The van der Waals surface area contributed by atoms with Crippen LogP contribution in [0.4, 0.5) is 10.5 Å². The number of anilines is 1. The molecule has 1 aliphatic heterocycles. The van der Waals surface area contributed by atoms with Crippen LogP contribution in [0.5, 0.6) is 5.75 Å². The number of urea groups is 1. The maximum atomic E-state index is 13.1. The van der Waals surface area contributed by atoms with E-state index in [1.807, 2.05) is 64.9 Å². The van der Waals surface area contributed by atoms with Crippen molar-refractivity contribution in [2.45, 2.75) is 52.3 Å². The molecule has 31 heavy (non-hydrogen) atoms. The number of amides is 3. The summed E-state index contributed by atoms with van der Waals surface area (Å²) in [5, 5.41) is 12.6. The summed E-state index contributed by atoms with van der Waals surface area (Å²) in [6.45, 7) is 8.42. The highest BCUT2D eigenvalue weighted by atomic mass is 16.5. The number of hydrogen-bond donors (Lipinski definition) is 2. The van der Waals surface area contributed by atoms with E-state index < -0.39 is 0 Å². The molecular weight excluding hydrogens is 396 g/mol. The summed E-state index contributed by atoms with van der Waals surface area (Å²) in [6, 6.07) is 5.42. The van der Waals surface area contributed by atoms with Crippen LogP contribution in [0.2, 0.25) is 0 Å². The number of carbonyl (C=O) groups excluding carboxylic acids is 2. The number of ether oxygens (including phenoxy) is 1. The Balaban J connectivity index is 2.40. The number of likely N-dealkylation sites (N-methyl/N-ethyl adjacent to an activating group) is 1. The molecule has 3 amide bonds. The van der Waals surface area contributed by atoms with Crippen LogP contribution in [0.3, 0.4) is 0 Å². The minimum absolute atomic E-state index is 0.0394. The van der Waals surface area contributed by atoms with E-state index in [1.54, 1.807) is 16.8 Å². The molecule has 0 aromatic heterocycles. The lowest BCUT2D eigenvalue weighted by Gasteiger charge is -2.34. The van der Waals surface area contributed by atoms with E-state index >= 15 is 0 Å². The Morgan fingerprint density at radius 2 is 1.97 bits per heavy atom. The van der Waals surface area contributed by atoms with Gasteiger partial charge in [-0.1, -0.05) is 6.92 Å². The summed E-state index contributed by atoms with van der Waals surface area (Å²) < 4.78 is 6.42. The number of nitrogens with zero attached hydrogens (tertiary/aromatic N) is 3. The van der Waals surface area contributed by atoms with Gasteiger partial charge < -0.3 is 29.9 Å². The molecule has 0 aliphatic carbocycles. The number of carbonyl (C=O) groups is 2. The number of nitrogens with one attached hydrogen (secondary N) is 1. The Morgan fingerprint density at radius 1 is 1.29 bits per heavy atom. The van der Waals surface area contributed by atoms with Gasteiger partial charge in [-0.15, -0.1) is 0 Å². The van der Waals surface area contributed by atoms with Gasteiger partial charge in [-0.2, -0.15) is 0 Å². The monoisotopic (exact) mass is 434 g/mol. The van der Waals surface area contributed by atoms with Gasteiger partial charge in [0.05, 0.1) is 25.6 Å². The van der Waals surface area contributed by atoms with Gasteiger partial charge >= 0.3 is 6.03 Å². The van der Waals surface area contributed by atoms with E-state index in [-0.39, 0.29) is 49.1 Å². The summed E-state index contributed by atoms with van der Waals surface area (Å²) in [5.74, 6) is 0.569. The Bertz CT molecular complexity index is 768. The van der Waals surface area contributed by atoms with Crippen LogP contribution < -0.4 is 15.0 Å². The predicted molar refractivity (Wildman–Crippen MR) is 123 cm³/mol. The quantitative estimate of drug-likeness (QED) is 0.715. The van der Waals surface area contributed by atoms with Crippen LogP contribution in [0.1, 0.15) is 33.3 Å². The minimum atomic E-state index is -0.314. The smallest absolute Gasteiger partial charge is 0.317 e. The molecule has 0 unspecified atom stereocenters. The number of aliphatic hydroxyl groups is 1. The molecule has 0 fully saturated rings. The lowest BCUT2D eigenvalue weighted by molar-refractivity contribution is -0.134. The highest BCUT2D eigenvalue weighted by Gasteiger charge is 2.31. The molecule has 1 heterocycles. The molecule has 174 valence electrons. The first-order chi connectivity index (χ1) is 14.5. The van der Waals surface area contributed by atoms with Crippen LogP contribution in [0.25, 0.3) is 0 Å². The zero-order valence-electron chi connectivity index (χ0n) is 19.9. The van der Waals surface area contributed by atoms with Crippen molar-refractivity contribution in [2.24, 2.45) is 5.92 Å². The van der Waals surface area contributed by atoms with Gasteiger partial charge in [0.1, 0.15) is 11.9 Å². The summed E-state index contributed by atoms with van der Waals surface area (Å²) in [4.78, 5) is 30.9. The zero-order valence-corrected chi connectivity index (χ0v) is 19.9. The van der Waals surface area contributed by atoms with Gasteiger partial charge in [-0.25, -0.2) is 4.79 Å². The lowest BCUT2D eigenvalue weighted by atomic mass is 10.0. The largest absolute Gasteiger partial charge is 0.488 e. The van der Waals surface area contributed by atoms with Crippen molar-refractivity contribution in [3.8, 4) is 5.75 Å². The highest BCUT2D eigenvalue weighted by molar-refractivity contribution is 5.80. The second kappa shape index (κ2) is 10.7. The van der Waals surface area contributed by atoms with Crippen molar-refractivity contribution in [2.75, 3.05) is 45.7 Å². The van der Waals surface area contributed by atoms with Crippen molar-refractivity contribution in [1.29, 1.82) is 0 Å². The molecule has 0 saturated carbocycles. The van der Waals surface area contributed by atoms with Crippen LogP contribution in [-0.4, -0.2) is 85.9 Å². The number of hydrogen-bond acceptors (Lipinski definition) is 5. The zero-order chi connectivity index (χ0) is 23.3. The maximum absolute atomic E-state index is 13.1. The SMILES string of the molecule is CC(C)NC(=O)N(C)C[C@H]1Oc2ccc(N(C)C)cc2CC(=O)N([C@@H](C)CO)C[C@@H]1C. The standard InChI is InChI=1S/C23H38N4O4/c1-15(2)24-23(30)26(7)13-21-16(3)12-27(17(4)14-28)22(29)11-18-10-19(25(5)6)8-9-20(18)31-21/h8-10,15-17,21,28H,11-14H2,1-7H3,(H,24,30)/t16-,17-,21+/m0/s1. The molecule has 0 spiro atoms. The van der Waals surface area contributed by atoms with Gasteiger partial charge in [0.2, 0.25) is 5.91 Å². The summed E-state index contributed by atoms with van der Waals surface area (Å²) in [7, 11) is 5.65. The predicted octanol–water partition coefficient (Wildman–Crippen LogP) is 1.95. The van der Waals surface area contributed by atoms with Gasteiger partial charge in [0.15, 0.2) is 0 Å². The van der Waals surface area contributed by atoms with E-state index in [1.165, 1.54) is 0 Å². The normalized spacial score (nSPS) is 20.2. The highest BCUT2D eigenvalue weighted by Crippen LogP contribution is 2.29. The van der Waals surface area contributed by atoms with Crippen LogP contribution >= 0.6 is 0 Å². The lowest BCUT2D eigenvalue weighted by Crippen LogP contribution is -2.49. The van der Waals surface area contributed by atoms with Crippen molar-refractivity contribution in [3.05, 3.63) is 23.8 Å². The van der Waals surface area contributed by atoms with E-state index in [4.69, 9.17) is 4.74 Å². The molecule has 3 atom stereocenters. The second-order valence-corrected chi connectivity index (χ2v) is 9.06. The minimum Gasteiger partial charge on any atom is -0.488 e. The first-order valence-corrected chi connectivity index (χ1v) is 10.9. The number of rotatable bonds is 6. The molecule has 0 radical (unpaired) electrons. The number of fused-ring (bicyclic) bond motifs is 1. The van der Waals surface area contributed by atoms with Crippen LogP contribution in [0, 0.1) is 5.92 Å². The first kappa shape index (κ1) is 24.8. The number of aliphatic hydroxyl groups excluding tert-OH is 1. The summed E-state index contributed by atoms with van der Waals surface area (Å²) in [5.41, 5.74) is 1.79. The van der Waals surface area contributed by atoms with Crippen LogP contribution in [0.15, 0.2) is 18.2 Å². The fourth-order valence-electron chi connectivity index (χ4n) is 3.62. The molecular formula is C23H38N4O4. The van der Waals surface area contributed by atoms with Crippen molar-refractivity contribution in [3.63, 3.8) is 0 Å². The van der Waals surface area contributed by atoms with E-state index in [9.17, 15) is 14.7 Å². The average molecular weight is 435 g/mol. The molecule has 0 bridgehead atoms. The topological polar surface area (TPSA) is 85.4 Å². The molecule has 0 saturated heterocycles. The molecule has 1 aromatic rings. The fraction of sp³-hybridized carbons (Fsp3) is 0.652. The first-order valence-electron chi connectivity index (χ1n) is 10.9. The van der Waals surface area contributed by atoms with E-state index in [2.05, 4.69) is 5.32 Å². The van der Waals surface area contributed by atoms with Gasteiger partial charge in [0.25, 0.3) is 0 Å². The van der Waals surface area contributed by atoms with E-state index in [0.29, 0.717) is 18.8 Å². The third kappa shape index (κ3) is 6.50. The Morgan fingerprint density at radius 3 is 2.55 bits per heavy atom. The fourth-order valence-corrected chi connectivity index (χ4v) is 3.62. The molecule has 2 rings (SSSR count). The van der Waals surface area contributed by atoms with Crippen LogP contribution in [-0.2, 0) is 11.2 Å². The molecule has 8 nitrogen and oxygen atoms in total. The van der Waals surface area contributed by atoms with E-state index in [0.717, 1.165) is 11.3 Å². The molecule has 2 N–H and O–H groups in total. The van der Waals surface area contributed by atoms with Gasteiger partial charge in [0, 0.05) is 50.9 Å². The third-order valence-electron chi connectivity index (χ3n) is 5.63. The van der Waals surface area contributed by atoms with Gasteiger partial charge in [-0.3, -0.25) is 4.79 Å².